The highest BCUT2D eigenvalue weighted by molar-refractivity contribution is 5.87. The van der Waals surface area contributed by atoms with E-state index in [2.05, 4.69) is 0 Å². The maximum Gasteiger partial charge on any atom is 0.330 e. The van der Waals surface area contributed by atoms with Crippen molar-refractivity contribution in [3.05, 3.63) is 41.5 Å². The predicted octanol–water partition coefficient (Wildman–Crippen LogP) is 3.33. The van der Waals surface area contributed by atoms with Crippen LogP contribution in [0.4, 0.5) is 0 Å². The Morgan fingerprint density at radius 1 is 1.25 bits per heavy atom. The lowest BCUT2D eigenvalue weighted by Gasteiger charge is -2.15. The molecule has 0 aliphatic rings. The van der Waals surface area contributed by atoms with Crippen molar-refractivity contribution in [2.75, 3.05) is 20.0 Å². The van der Waals surface area contributed by atoms with Gasteiger partial charge in [-0.3, -0.25) is 0 Å². The SMILES string of the molecule is CCOCO[C@H](C)c1ccccc1/C=C/C(=O)OCC. The van der Waals surface area contributed by atoms with Crippen molar-refractivity contribution in [1.29, 1.82) is 0 Å². The molecule has 1 aromatic carbocycles. The third kappa shape index (κ3) is 5.55. The summed E-state index contributed by atoms with van der Waals surface area (Å²) >= 11 is 0. The lowest BCUT2D eigenvalue weighted by atomic mass is 10.0. The Balaban J connectivity index is 2.74. The van der Waals surface area contributed by atoms with Gasteiger partial charge in [0.1, 0.15) is 6.79 Å². The Labute approximate surface area is 120 Å². The van der Waals surface area contributed by atoms with E-state index >= 15 is 0 Å². The van der Waals surface area contributed by atoms with Gasteiger partial charge in [-0.25, -0.2) is 4.79 Å². The highest BCUT2D eigenvalue weighted by atomic mass is 16.7. The predicted molar refractivity (Wildman–Crippen MR) is 78.1 cm³/mol. The summed E-state index contributed by atoms with van der Waals surface area (Å²) in [5.74, 6) is -0.342. The molecule has 0 N–H and O–H groups in total. The molecule has 0 aliphatic heterocycles. The van der Waals surface area contributed by atoms with E-state index in [1.165, 1.54) is 6.08 Å². The fraction of sp³-hybridized carbons (Fsp3) is 0.438. The second-order valence-corrected chi connectivity index (χ2v) is 4.13. The number of hydrogen-bond acceptors (Lipinski definition) is 4. The molecule has 1 aromatic rings. The van der Waals surface area contributed by atoms with Gasteiger partial charge in [-0.1, -0.05) is 24.3 Å². The third-order valence-corrected chi connectivity index (χ3v) is 2.73. The van der Waals surface area contributed by atoms with Crippen LogP contribution in [0.5, 0.6) is 0 Å². The second kappa shape index (κ2) is 9.28. The first kappa shape index (κ1) is 16.4. The smallest absolute Gasteiger partial charge is 0.330 e. The molecule has 0 unspecified atom stereocenters. The van der Waals surface area contributed by atoms with Crippen LogP contribution in [-0.4, -0.2) is 26.0 Å². The molecule has 0 bridgehead atoms. The Morgan fingerprint density at radius 3 is 2.70 bits per heavy atom. The molecular weight excluding hydrogens is 256 g/mol. The van der Waals surface area contributed by atoms with Crippen LogP contribution in [0.3, 0.4) is 0 Å². The zero-order valence-electron chi connectivity index (χ0n) is 12.3. The molecule has 0 saturated carbocycles. The van der Waals surface area contributed by atoms with Gasteiger partial charge in [-0.05, 0) is 38.0 Å². The number of hydrogen-bond donors (Lipinski definition) is 0. The highest BCUT2D eigenvalue weighted by Crippen LogP contribution is 2.22. The van der Waals surface area contributed by atoms with Gasteiger partial charge in [-0.2, -0.15) is 0 Å². The van der Waals surface area contributed by atoms with Gasteiger partial charge in [0, 0.05) is 12.7 Å². The van der Waals surface area contributed by atoms with E-state index in [1.54, 1.807) is 13.0 Å². The van der Waals surface area contributed by atoms with E-state index in [-0.39, 0.29) is 18.9 Å². The van der Waals surface area contributed by atoms with Crippen LogP contribution in [0.25, 0.3) is 6.08 Å². The van der Waals surface area contributed by atoms with E-state index in [0.717, 1.165) is 11.1 Å². The summed E-state index contributed by atoms with van der Waals surface area (Å²) in [5.41, 5.74) is 1.94. The molecule has 0 heterocycles. The molecule has 0 spiro atoms. The van der Waals surface area contributed by atoms with Crippen molar-refractivity contribution in [2.45, 2.75) is 26.9 Å². The van der Waals surface area contributed by atoms with E-state index in [4.69, 9.17) is 14.2 Å². The highest BCUT2D eigenvalue weighted by Gasteiger charge is 2.09. The minimum Gasteiger partial charge on any atom is -0.463 e. The molecule has 0 aliphatic carbocycles. The lowest BCUT2D eigenvalue weighted by Crippen LogP contribution is -2.06. The second-order valence-electron chi connectivity index (χ2n) is 4.13. The Bertz CT molecular complexity index is 440. The monoisotopic (exact) mass is 278 g/mol. The molecule has 4 heteroatoms. The fourth-order valence-corrected chi connectivity index (χ4v) is 1.70. The van der Waals surface area contributed by atoms with E-state index in [0.29, 0.717) is 13.2 Å². The zero-order valence-corrected chi connectivity index (χ0v) is 12.3. The Kier molecular flexibility index (Phi) is 7.62. The van der Waals surface area contributed by atoms with Crippen LogP contribution in [0.15, 0.2) is 30.3 Å². The standard InChI is InChI=1S/C16H22O4/c1-4-18-12-20-13(3)15-9-7-6-8-14(15)10-11-16(17)19-5-2/h6-11,13H,4-5,12H2,1-3H3/b11-10+/t13-/m1/s1. The first-order valence-corrected chi connectivity index (χ1v) is 6.82. The van der Waals surface area contributed by atoms with Crippen LogP contribution in [0.1, 0.15) is 38.0 Å². The number of carbonyl (C=O) groups excluding carboxylic acids is 1. The minimum absolute atomic E-state index is 0.107. The number of rotatable bonds is 8. The summed E-state index contributed by atoms with van der Waals surface area (Å²) < 4.78 is 15.6. The Morgan fingerprint density at radius 2 is 2.00 bits per heavy atom. The van der Waals surface area contributed by atoms with E-state index in [1.807, 2.05) is 38.1 Å². The number of esters is 1. The number of carbonyl (C=O) groups is 1. The van der Waals surface area contributed by atoms with Crippen LogP contribution in [0.2, 0.25) is 0 Å². The molecule has 0 radical (unpaired) electrons. The number of ether oxygens (including phenoxy) is 3. The summed E-state index contributed by atoms with van der Waals surface area (Å²) in [7, 11) is 0. The molecule has 20 heavy (non-hydrogen) atoms. The van der Waals surface area contributed by atoms with E-state index < -0.39 is 0 Å². The summed E-state index contributed by atoms with van der Waals surface area (Å²) in [4.78, 5) is 11.3. The van der Waals surface area contributed by atoms with Gasteiger partial charge in [0.25, 0.3) is 0 Å². The summed E-state index contributed by atoms with van der Waals surface area (Å²) in [6, 6.07) is 7.77. The van der Waals surface area contributed by atoms with Crippen LogP contribution >= 0.6 is 0 Å². The van der Waals surface area contributed by atoms with Crippen molar-refractivity contribution in [3.63, 3.8) is 0 Å². The zero-order chi connectivity index (χ0) is 14.8. The lowest BCUT2D eigenvalue weighted by molar-refractivity contribution is -0.137. The van der Waals surface area contributed by atoms with Gasteiger partial charge in [0.05, 0.1) is 12.7 Å². The van der Waals surface area contributed by atoms with E-state index in [9.17, 15) is 4.79 Å². The first-order chi connectivity index (χ1) is 9.69. The average Bonchev–Trinajstić information content (AvgIpc) is 2.46. The van der Waals surface area contributed by atoms with Gasteiger partial charge >= 0.3 is 5.97 Å². The molecular formula is C16H22O4. The van der Waals surface area contributed by atoms with Gasteiger partial charge < -0.3 is 14.2 Å². The minimum atomic E-state index is -0.342. The first-order valence-electron chi connectivity index (χ1n) is 6.82. The van der Waals surface area contributed by atoms with Gasteiger partial charge in [-0.15, -0.1) is 0 Å². The van der Waals surface area contributed by atoms with Crippen LogP contribution in [0, 0.1) is 0 Å². The number of benzene rings is 1. The normalized spacial score (nSPS) is 12.6. The van der Waals surface area contributed by atoms with Crippen molar-refractivity contribution >= 4 is 12.0 Å². The average molecular weight is 278 g/mol. The summed E-state index contributed by atoms with van der Waals surface area (Å²) in [5, 5.41) is 0. The van der Waals surface area contributed by atoms with Crippen LogP contribution < -0.4 is 0 Å². The molecule has 4 nitrogen and oxygen atoms in total. The quantitative estimate of drug-likeness (QED) is 0.317. The Hall–Kier alpha value is -1.65. The molecule has 1 rings (SSSR count). The van der Waals surface area contributed by atoms with Crippen LogP contribution in [-0.2, 0) is 19.0 Å². The third-order valence-electron chi connectivity index (χ3n) is 2.73. The summed E-state index contributed by atoms with van der Waals surface area (Å²) in [6.07, 6.45) is 3.07. The maximum atomic E-state index is 11.3. The molecule has 0 aromatic heterocycles. The van der Waals surface area contributed by atoms with Gasteiger partial charge in [0.2, 0.25) is 0 Å². The molecule has 0 saturated heterocycles. The topological polar surface area (TPSA) is 44.8 Å². The summed E-state index contributed by atoms with van der Waals surface area (Å²) in [6.45, 7) is 6.91. The molecule has 1 atom stereocenters. The van der Waals surface area contributed by atoms with Gasteiger partial charge in [0.15, 0.2) is 0 Å². The molecule has 0 amide bonds. The van der Waals surface area contributed by atoms with Crippen molar-refractivity contribution in [1.82, 2.24) is 0 Å². The van der Waals surface area contributed by atoms with Crippen molar-refractivity contribution < 1.29 is 19.0 Å². The largest absolute Gasteiger partial charge is 0.463 e. The van der Waals surface area contributed by atoms with Crippen molar-refractivity contribution in [3.8, 4) is 0 Å². The maximum absolute atomic E-state index is 11.3. The fourth-order valence-electron chi connectivity index (χ4n) is 1.70. The molecule has 0 fully saturated rings. The molecule has 110 valence electrons. The van der Waals surface area contributed by atoms with Crippen molar-refractivity contribution in [2.24, 2.45) is 0 Å².